The molecule has 3 heterocycles. The number of halogens is 2. The van der Waals surface area contributed by atoms with Gasteiger partial charge < -0.3 is 4.74 Å². The van der Waals surface area contributed by atoms with Crippen LogP contribution in [0.4, 0.5) is 8.78 Å². The number of piperidine rings is 1. The summed E-state index contributed by atoms with van der Waals surface area (Å²) in [6.45, 7) is 5.21. The number of benzene rings is 1. The summed E-state index contributed by atoms with van der Waals surface area (Å²) in [5.74, 6) is -1.48. The Morgan fingerprint density at radius 3 is 2.54 bits per heavy atom. The Balaban J connectivity index is 1.37. The van der Waals surface area contributed by atoms with E-state index in [-0.39, 0.29) is 5.41 Å². The highest BCUT2D eigenvalue weighted by atomic mass is 19.2. The molecule has 5 nitrogen and oxygen atoms in total. The number of hydrogen-bond acceptors (Lipinski definition) is 5. The molecule has 0 aliphatic carbocycles. The minimum Gasteiger partial charge on any atom is -0.467 e. The van der Waals surface area contributed by atoms with E-state index in [2.05, 4.69) is 19.8 Å². The van der Waals surface area contributed by atoms with Crippen molar-refractivity contribution in [3.05, 3.63) is 53.4 Å². The average Bonchev–Trinajstić information content (AvgIpc) is 3.07. The molecule has 2 aliphatic rings. The first-order valence-electron chi connectivity index (χ1n) is 9.79. The molecular weight excluding hydrogens is 362 g/mol. The van der Waals surface area contributed by atoms with E-state index in [1.807, 2.05) is 12.4 Å². The number of methoxy groups -OCH3 is 1. The van der Waals surface area contributed by atoms with E-state index >= 15 is 0 Å². The number of ether oxygens (including phenoxy) is 1. The van der Waals surface area contributed by atoms with E-state index in [9.17, 15) is 8.78 Å². The zero-order valence-electron chi connectivity index (χ0n) is 16.2. The highest BCUT2D eigenvalue weighted by molar-refractivity contribution is 5.19. The monoisotopic (exact) mass is 388 g/mol. The third-order valence-corrected chi connectivity index (χ3v) is 5.95. The first kappa shape index (κ1) is 19.2. The molecule has 28 heavy (non-hydrogen) atoms. The van der Waals surface area contributed by atoms with Crippen LogP contribution in [0.25, 0.3) is 0 Å². The molecule has 0 amide bonds. The van der Waals surface area contributed by atoms with Crippen molar-refractivity contribution in [1.82, 2.24) is 19.8 Å². The molecule has 0 radical (unpaired) electrons. The molecule has 1 aromatic heterocycles. The fraction of sp³-hybridized carbons (Fsp3) is 0.524. The molecule has 1 spiro atoms. The Hall–Kier alpha value is -2.12. The summed E-state index contributed by atoms with van der Waals surface area (Å²) in [4.78, 5) is 13.1. The van der Waals surface area contributed by atoms with Crippen molar-refractivity contribution >= 4 is 0 Å². The van der Waals surface area contributed by atoms with Gasteiger partial charge in [0.25, 0.3) is 0 Å². The van der Waals surface area contributed by atoms with Crippen LogP contribution in [-0.4, -0.2) is 53.1 Å². The van der Waals surface area contributed by atoms with Crippen molar-refractivity contribution in [2.24, 2.45) is 5.41 Å². The standard InChI is InChI=1S/C21H26F2N4O/c1-28-20-24-10-16(11-25-20)12-27-9-7-21(15-27)6-3-8-26(14-21)13-17-4-2-5-18(22)19(17)23/h2,4-5,10-11H,3,6-9,12-15H2,1H3/t21-/m0/s1. The van der Waals surface area contributed by atoms with E-state index < -0.39 is 11.6 Å². The van der Waals surface area contributed by atoms with Gasteiger partial charge in [0.2, 0.25) is 0 Å². The van der Waals surface area contributed by atoms with Gasteiger partial charge in [0, 0.05) is 49.7 Å². The number of hydrogen-bond donors (Lipinski definition) is 0. The summed E-state index contributed by atoms with van der Waals surface area (Å²) in [5, 5.41) is 0. The maximum Gasteiger partial charge on any atom is 0.316 e. The van der Waals surface area contributed by atoms with Gasteiger partial charge >= 0.3 is 6.01 Å². The molecule has 2 aliphatic heterocycles. The van der Waals surface area contributed by atoms with Gasteiger partial charge in [-0.15, -0.1) is 0 Å². The largest absolute Gasteiger partial charge is 0.467 e. The molecule has 2 fully saturated rings. The lowest BCUT2D eigenvalue weighted by molar-refractivity contribution is 0.0856. The van der Waals surface area contributed by atoms with Crippen LogP contribution in [0.2, 0.25) is 0 Å². The Labute approximate surface area is 164 Å². The Morgan fingerprint density at radius 2 is 1.79 bits per heavy atom. The van der Waals surface area contributed by atoms with Crippen molar-refractivity contribution < 1.29 is 13.5 Å². The fourth-order valence-corrected chi connectivity index (χ4v) is 4.64. The Kier molecular flexibility index (Phi) is 5.55. The van der Waals surface area contributed by atoms with Crippen LogP contribution in [0.5, 0.6) is 6.01 Å². The van der Waals surface area contributed by atoms with Gasteiger partial charge in [-0.05, 0) is 43.8 Å². The first-order valence-corrected chi connectivity index (χ1v) is 9.79. The molecule has 1 aromatic carbocycles. The zero-order chi connectivity index (χ0) is 19.6. The smallest absolute Gasteiger partial charge is 0.316 e. The minimum absolute atomic E-state index is 0.232. The van der Waals surface area contributed by atoms with Crippen LogP contribution in [0.3, 0.4) is 0 Å². The molecule has 0 saturated carbocycles. The highest BCUT2D eigenvalue weighted by Crippen LogP contribution is 2.39. The highest BCUT2D eigenvalue weighted by Gasteiger charge is 2.41. The summed E-state index contributed by atoms with van der Waals surface area (Å²) in [5.41, 5.74) is 1.75. The third kappa shape index (κ3) is 4.15. The van der Waals surface area contributed by atoms with Gasteiger partial charge in [-0.3, -0.25) is 9.80 Å². The SMILES string of the molecule is COc1ncc(CN2CC[C@]3(CCCN(Cc4cccc(F)c4F)C3)C2)cn1. The maximum absolute atomic E-state index is 14.1. The second-order valence-electron chi connectivity index (χ2n) is 8.07. The van der Waals surface area contributed by atoms with E-state index in [4.69, 9.17) is 4.74 Å². The van der Waals surface area contributed by atoms with Gasteiger partial charge in [0.05, 0.1) is 7.11 Å². The Bertz CT molecular complexity index is 817. The van der Waals surface area contributed by atoms with Crippen LogP contribution in [0.15, 0.2) is 30.6 Å². The minimum atomic E-state index is -0.766. The Morgan fingerprint density at radius 1 is 1.04 bits per heavy atom. The number of nitrogens with zero attached hydrogens (tertiary/aromatic N) is 4. The van der Waals surface area contributed by atoms with Crippen molar-refractivity contribution in [1.29, 1.82) is 0 Å². The molecule has 150 valence electrons. The third-order valence-electron chi connectivity index (χ3n) is 5.95. The lowest BCUT2D eigenvalue weighted by atomic mass is 9.79. The molecule has 2 aromatic rings. The lowest BCUT2D eigenvalue weighted by Crippen LogP contribution is -2.44. The summed E-state index contributed by atoms with van der Waals surface area (Å²) < 4.78 is 32.6. The topological polar surface area (TPSA) is 41.5 Å². The zero-order valence-corrected chi connectivity index (χ0v) is 16.2. The molecule has 0 unspecified atom stereocenters. The van der Waals surface area contributed by atoms with E-state index in [1.165, 1.54) is 12.5 Å². The summed E-state index contributed by atoms with van der Waals surface area (Å²) in [6, 6.07) is 4.83. The fourth-order valence-electron chi connectivity index (χ4n) is 4.64. The number of aromatic nitrogens is 2. The van der Waals surface area contributed by atoms with Gasteiger partial charge in [0.1, 0.15) is 0 Å². The van der Waals surface area contributed by atoms with Crippen LogP contribution in [0.1, 0.15) is 30.4 Å². The van der Waals surface area contributed by atoms with Gasteiger partial charge in [-0.25, -0.2) is 18.7 Å². The normalized spacial score (nSPS) is 23.4. The van der Waals surface area contributed by atoms with Crippen molar-refractivity contribution in [2.75, 3.05) is 33.3 Å². The van der Waals surface area contributed by atoms with Crippen LogP contribution in [-0.2, 0) is 13.1 Å². The molecular formula is C21H26F2N4O. The average molecular weight is 388 g/mol. The lowest BCUT2D eigenvalue weighted by Gasteiger charge is -2.40. The molecule has 0 bridgehead atoms. The predicted molar refractivity (Wildman–Crippen MR) is 102 cm³/mol. The van der Waals surface area contributed by atoms with E-state index in [1.54, 1.807) is 19.2 Å². The quantitative estimate of drug-likeness (QED) is 0.787. The van der Waals surface area contributed by atoms with Crippen LogP contribution in [0, 0.1) is 17.0 Å². The summed E-state index contributed by atoms with van der Waals surface area (Å²) >= 11 is 0. The van der Waals surface area contributed by atoms with Gasteiger partial charge in [-0.2, -0.15) is 0 Å². The van der Waals surface area contributed by atoms with Gasteiger partial charge in [0.15, 0.2) is 11.6 Å². The van der Waals surface area contributed by atoms with Crippen LogP contribution < -0.4 is 4.74 Å². The number of likely N-dealkylation sites (tertiary alicyclic amines) is 2. The molecule has 4 rings (SSSR count). The van der Waals surface area contributed by atoms with E-state index in [0.29, 0.717) is 18.1 Å². The molecule has 2 saturated heterocycles. The number of rotatable bonds is 5. The van der Waals surface area contributed by atoms with Crippen molar-refractivity contribution in [2.45, 2.75) is 32.4 Å². The molecule has 1 atom stereocenters. The maximum atomic E-state index is 14.1. The van der Waals surface area contributed by atoms with Crippen molar-refractivity contribution in [3.63, 3.8) is 0 Å². The van der Waals surface area contributed by atoms with Gasteiger partial charge in [-0.1, -0.05) is 12.1 Å². The van der Waals surface area contributed by atoms with E-state index in [0.717, 1.165) is 51.1 Å². The van der Waals surface area contributed by atoms with Crippen molar-refractivity contribution in [3.8, 4) is 6.01 Å². The summed E-state index contributed by atoms with van der Waals surface area (Å²) in [7, 11) is 1.56. The first-order chi connectivity index (χ1) is 13.6. The molecule has 7 heteroatoms. The summed E-state index contributed by atoms with van der Waals surface area (Å²) in [6.07, 6.45) is 7.04. The predicted octanol–water partition coefficient (Wildman–Crippen LogP) is 3.25. The second kappa shape index (κ2) is 8.09. The molecule has 0 N–H and O–H groups in total. The van der Waals surface area contributed by atoms with Crippen LogP contribution >= 0.6 is 0 Å². The second-order valence-corrected chi connectivity index (χ2v) is 8.07.